The highest BCUT2D eigenvalue weighted by atomic mass is 35.5. The van der Waals surface area contributed by atoms with Crippen LogP contribution in [-0.2, 0) is 4.74 Å². The number of nitrogens with two attached hydrogens (primary N) is 1. The molecule has 2 heterocycles. The normalized spacial score (nSPS) is 21.8. The van der Waals surface area contributed by atoms with Gasteiger partial charge in [0.2, 0.25) is 0 Å². The molecule has 0 radical (unpaired) electrons. The second-order valence-electron chi connectivity index (χ2n) is 10.2. The van der Waals surface area contributed by atoms with Crippen molar-refractivity contribution in [2.45, 2.75) is 58.1 Å². The number of piperidine rings is 2. The molecule has 2 saturated heterocycles. The van der Waals surface area contributed by atoms with Crippen LogP contribution in [0.5, 0.6) is 5.75 Å². The standard InChI is InChI=1S/C26H41ClN4O3S/c1-17(2)5-6-25(35)31-11-7-18(8-12-31)15-30-10-9-22(24(16-30)34-4)29-26(32)19-13-20(27)21(28)14-23(19)33-3/h13-14,17-18,22,24H,5-12,15-16,28H2,1-4H3,(H,29,32). The highest BCUT2D eigenvalue weighted by molar-refractivity contribution is 7.80. The lowest BCUT2D eigenvalue weighted by Gasteiger charge is -2.41. The third kappa shape index (κ3) is 7.68. The Morgan fingerprint density at radius 2 is 1.94 bits per heavy atom. The molecule has 2 aliphatic heterocycles. The maximum atomic E-state index is 13.0. The fourth-order valence-corrected chi connectivity index (χ4v) is 5.48. The van der Waals surface area contributed by atoms with Gasteiger partial charge in [-0.3, -0.25) is 4.79 Å². The van der Waals surface area contributed by atoms with E-state index in [9.17, 15) is 4.79 Å². The van der Waals surface area contributed by atoms with Gasteiger partial charge >= 0.3 is 0 Å². The summed E-state index contributed by atoms with van der Waals surface area (Å²) in [6.45, 7) is 9.42. The molecule has 3 N–H and O–H groups in total. The van der Waals surface area contributed by atoms with Crippen LogP contribution in [0.1, 0.15) is 56.3 Å². The SMILES string of the molecule is COc1cc(N)c(Cl)cc1C(=O)NC1CCN(CC2CCN(C(=S)CCC(C)C)CC2)CC1OC. The first-order chi connectivity index (χ1) is 16.7. The van der Waals surface area contributed by atoms with Crippen LogP contribution in [0.15, 0.2) is 12.1 Å². The maximum absolute atomic E-state index is 13.0. The lowest BCUT2D eigenvalue weighted by molar-refractivity contribution is -0.000287. The zero-order valence-electron chi connectivity index (χ0n) is 21.5. The summed E-state index contributed by atoms with van der Waals surface area (Å²) in [5.74, 6) is 1.54. The van der Waals surface area contributed by atoms with E-state index in [4.69, 9.17) is 39.0 Å². The molecule has 2 aliphatic rings. The molecule has 9 heteroatoms. The van der Waals surface area contributed by atoms with Gasteiger partial charge in [0.1, 0.15) is 5.75 Å². The largest absolute Gasteiger partial charge is 0.496 e. The van der Waals surface area contributed by atoms with E-state index >= 15 is 0 Å². The number of benzene rings is 1. The number of hydrogen-bond acceptors (Lipinski definition) is 6. The number of rotatable bonds is 9. The molecule has 2 fully saturated rings. The minimum Gasteiger partial charge on any atom is -0.496 e. The predicted octanol–water partition coefficient (Wildman–Crippen LogP) is 4.23. The Labute approximate surface area is 220 Å². The Kier molecular flexibility index (Phi) is 10.5. The van der Waals surface area contributed by atoms with Crippen molar-refractivity contribution in [1.29, 1.82) is 0 Å². The number of methoxy groups -OCH3 is 2. The summed E-state index contributed by atoms with van der Waals surface area (Å²) in [7, 11) is 3.23. The molecule has 2 unspecified atom stereocenters. The van der Waals surface area contributed by atoms with Crippen LogP contribution in [0.2, 0.25) is 5.02 Å². The van der Waals surface area contributed by atoms with E-state index in [1.807, 2.05) is 0 Å². The molecule has 1 aromatic rings. The molecular weight excluding hydrogens is 484 g/mol. The Hall–Kier alpha value is -1.61. The van der Waals surface area contributed by atoms with Crippen LogP contribution >= 0.6 is 23.8 Å². The van der Waals surface area contributed by atoms with Gasteiger partial charge in [-0.1, -0.05) is 37.7 Å². The number of carbonyl (C=O) groups excluding carboxylic acids is 1. The summed E-state index contributed by atoms with van der Waals surface area (Å²) in [6.07, 6.45) is 5.29. The van der Waals surface area contributed by atoms with Gasteiger partial charge in [-0.15, -0.1) is 0 Å². The lowest BCUT2D eigenvalue weighted by Crippen LogP contribution is -2.55. The van der Waals surface area contributed by atoms with Gasteiger partial charge in [0.15, 0.2) is 0 Å². The topological polar surface area (TPSA) is 80.1 Å². The quantitative estimate of drug-likeness (QED) is 0.369. The van der Waals surface area contributed by atoms with E-state index in [0.717, 1.165) is 50.6 Å². The van der Waals surface area contributed by atoms with Crippen LogP contribution in [0.3, 0.4) is 0 Å². The van der Waals surface area contributed by atoms with Crippen molar-refractivity contribution in [2.24, 2.45) is 11.8 Å². The fraction of sp³-hybridized carbons (Fsp3) is 0.692. The predicted molar refractivity (Wildman–Crippen MR) is 146 cm³/mol. The first kappa shape index (κ1) is 28.0. The summed E-state index contributed by atoms with van der Waals surface area (Å²) in [5, 5.41) is 3.46. The monoisotopic (exact) mass is 524 g/mol. The van der Waals surface area contributed by atoms with E-state index in [-0.39, 0.29) is 18.1 Å². The Bertz CT molecular complexity index is 876. The number of likely N-dealkylation sites (tertiary alicyclic amines) is 2. The average molecular weight is 525 g/mol. The first-order valence-electron chi connectivity index (χ1n) is 12.7. The summed E-state index contributed by atoms with van der Waals surface area (Å²) < 4.78 is 11.1. The Morgan fingerprint density at radius 1 is 1.23 bits per heavy atom. The van der Waals surface area contributed by atoms with Gasteiger partial charge in [0.05, 0.1) is 40.5 Å². The summed E-state index contributed by atoms with van der Waals surface area (Å²) in [5.41, 5.74) is 6.61. The van der Waals surface area contributed by atoms with E-state index in [2.05, 4.69) is 29.0 Å². The Balaban J connectivity index is 1.49. The molecule has 0 spiro atoms. The van der Waals surface area contributed by atoms with E-state index < -0.39 is 0 Å². The number of anilines is 1. The maximum Gasteiger partial charge on any atom is 0.255 e. The number of ether oxygens (including phenoxy) is 2. The molecule has 0 aromatic heterocycles. The zero-order chi connectivity index (χ0) is 25.5. The van der Waals surface area contributed by atoms with Gasteiger partial charge in [0, 0.05) is 45.9 Å². The van der Waals surface area contributed by atoms with Crippen LogP contribution < -0.4 is 15.8 Å². The molecule has 2 atom stereocenters. The van der Waals surface area contributed by atoms with Crippen molar-refractivity contribution in [3.05, 3.63) is 22.7 Å². The molecule has 0 bridgehead atoms. The summed E-state index contributed by atoms with van der Waals surface area (Å²) in [6, 6.07) is 3.06. The molecule has 0 aliphatic carbocycles. The van der Waals surface area contributed by atoms with Crippen molar-refractivity contribution in [3.8, 4) is 5.75 Å². The number of hydrogen-bond donors (Lipinski definition) is 2. The highest BCUT2D eigenvalue weighted by Crippen LogP contribution is 2.29. The number of thiocarbonyl (C=S) groups is 1. The van der Waals surface area contributed by atoms with Crippen LogP contribution in [0.4, 0.5) is 5.69 Å². The molecule has 196 valence electrons. The third-order valence-electron chi connectivity index (χ3n) is 7.25. The van der Waals surface area contributed by atoms with Gasteiger partial charge < -0.3 is 30.3 Å². The molecule has 1 aromatic carbocycles. The van der Waals surface area contributed by atoms with Crippen molar-refractivity contribution in [3.63, 3.8) is 0 Å². The average Bonchev–Trinajstić information content (AvgIpc) is 2.85. The number of nitrogens with one attached hydrogen (secondary N) is 1. The number of carbonyl (C=O) groups is 1. The van der Waals surface area contributed by atoms with Gasteiger partial charge in [0.25, 0.3) is 5.91 Å². The van der Waals surface area contributed by atoms with Crippen molar-refractivity contribution < 1.29 is 14.3 Å². The van der Waals surface area contributed by atoms with Crippen LogP contribution in [0, 0.1) is 11.8 Å². The van der Waals surface area contributed by atoms with Crippen LogP contribution in [-0.4, -0.2) is 79.8 Å². The second kappa shape index (κ2) is 13.1. The van der Waals surface area contributed by atoms with Crippen molar-refractivity contribution >= 4 is 40.4 Å². The molecular formula is C26H41ClN4O3S. The van der Waals surface area contributed by atoms with Gasteiger partial charge in [-0.2, -0.15) is 0 Å². The van der Waals surface area contributed by atoms with E-state index in [1.165, 1.54) is 26.4 Å². The van der Waals surface area contributed by atoms with E-state index in [0.29, 0.717) is 33.9 Å². The minimum absolute atomic E-state index is 0.0772. The highest BCUT2D eigenvalue weighted by Gasteiger charge is 2.33. The number of nitrogen functional groups attached to an aromatic ring is 1. The van der Waals surface area contributed by atoms with E-state index in [1.54, 1.807) is 19.2 Å². The molecule has 1 amide bonds. The minimum atomic E-state index is -0.231. The van der Waals surface area contributed by atoms with Gasteiger partial charge in [-0.05, 0) is 50.0 Å². The van der Waals surface area contributed by atoms with Crippen molar-refractivity contribution in [2.75, 3.05) is 52.7 Å². The number of amides is 1. The van der Waals surface area contributed by atoms with Gasteiger partial charge in [-0.25, -0.2) is 0 Å². The fourth-order valence-electron chi connectivity index (χ4n) is 5.01. The first-order valence-corrected chi connectivity index (χ1v) is 13.5. The molecule has 35 heavy (non-hydrogen) atoms. The van der Waals surface area contributed by atoms with Crippen LogP contribution in [0.25, 0.3) is 0 Å². The molecule has 3 rings (SSSR count). The molecule has 7 nitrogen and oxygen atoms in total. The van der Waals surface area contributed by atoms with Crippen molar-refractivity contribution in [1.82, 2.24) is 15.1 Å². The lowest BCUT2D eigenvalue weighted by atomic mass is 9.93. The molecule has 0 saturated carbocycles. The second-order valence-corrected chi connectivity index (χ2v) is 11.1. The number of nitrogens with zero attached hydrogens (tertiary/aromatic N) is 2. The Morgan fingerprint density at radius 3 is 2.57 bits per heavy atom. The summed E-state index contributed by atoms with van der Waals surface area (Å²) >= 11 is 11.8. The zero-order valence-corrected chi connectivity index (χ0v) is 23.1. The number of halogens is 1. The summed E-state index contributed by atoms with van der Waals surface area (Å²) in [4.78, 5) is 19.0. The smallest absolute Gasteiger partial charge is 0.255 e. The third-order valence-corrected chi connectivity index (χ3v) is 8.03.